The number of hydrogen-bond acceptors (Lipinski definition) is 1. The van der Waals surface area contributed by atoms with Gasteiger partial charge in [-0.25, -0.2) is 0 Å². The van der Waals surface area contributed by atoms with Crippen molar-refractivity contribution in [3.05, 3.63) is 82.9 Å². The van der Waals surface area contributed by atoms with Gasteiger partial charge in [-0.15, -0.1) is 0 Å². The number of ketones is 1. The van der Waals surface area contributed by atoms with Crippen LogP contribution in [-0.2, 0) is 6.42 Å². The molecular weight excluding hydrogens is 280 g/mol. The Morgan fingerprint density at radius 3 is 2.48 bits per heavy atom. The molecule has 1 aliphatic rings. The van der Waals surface area contributed by atoms with Crippen LogP contribution in [0.15, 0.2) is 60.7 Å². The van der Waals surface area contributed by atoms with E-state index in [0.717, 1.165) is 17.5 Å². The lowest BCUT2D eigenvalue weighted by molar-refractivity contribution is 0.0973. The Bertz CT molecular complexity index is 905. The number of Topliss-reactive ketones (excluding diaryl/α,β-unsaturated/α-hetero) is 1. The Morgan fingerprint density at radius 1 is 0.913 bits per heavy atom. The van der Waals surface area contributed by atoms with Crippen LogP contribution in [0.3, 0.4) is 0 Å². The molecule has 114 valence electrons. The molecule has 0 N–H and O–H groups in total. The maximum atomic E-state index is 12.7. The minimum atomic E-state index is -0.0282. The molecule has 0 saturated carbocycles. The van der Waals surface area contributed by atoms with Crippen molar-refractivity contribution in [2.45, 2.75) is 32.1 Å². The van der Waals surface area contributed by atoms with Crippen LogP contribution in [-0.4, -0.2) is 5.78 Å². The van der Waals surface area contributed by atoms with Crippen LogP contribution >= 0.6 is 0 Å². The van der Waals surface area contributed by atoms with Gasteiger partial charge in [-0.3, -0.25) is 4.79 Å². The number of rotatable bonds is 2. The third kappa shape index (κ3) is 2.37. The van der Waals surface area contributed by atoms with Gasteiger partial charge in [0.25, 0.3) is 0 Å². The molecular formula is C22H20O. The highest BCUT2D eigenvalue weighted by Crippen LogP contribution is 2.35. The zero-order chi connectivity index (χ0) is 16.0. The smallest absolute Gasteiger partial charge is 0.170 e. The fraction of sp³-hybridized carbons (Fsp3) is 0.227. The summed E-state index contributed by atoms with van der Waals surface area (Å²) in [6.07, 6.45) is 0.824. The summed E-state index contributed by atoms with van der Waals surface area (Å²) < 4.78 is 0. The molecule has 1 nitrogen and oxygen atoms in total. The second kappa shape index (κ2) is 5.34. The molecule has 0 spiro atoms. The lowest BCUT2D eigenvalue weighted by atomic mass is 9.91. The summed E-state index contributed by atoms with van der Waals surface area (Å²) >= 11 is 0. The third-order valence-electron chi connectivity index (χ3n) is 4.98. The van der Waals surface area contributed by atoms with Crippen molar-refractivity contribution in [3.63, 3.8) is 0 Å². The monoisotopic (exact) mass is 300 g/mol. The second-order valence-corrected chi connectivity index (χ2v) is 6.80. The van der Waals surface area contributed by atoms with Gasteiger partial charge in [-0.1, -0.05) is 74.5 Å². The number of carbonyl (C=O) groups excluding carboxylic acids is 1. The Balaban J connectivity index is 1.77. The van der Waals surface area contributed by atoms with E-state index >= 15 is 0 Å². The van der Waals surface area contributed by atoms with Crippen molar-refractivity contribution < 1.29 is 4.79 Å². The highest BCUT2D eigenvalue weighted by atomic mass is 16.1. The average molecular weight is 300 g/mol. The van der Waals surface area contributed by atoms with Crippen molar-refractivity contribution >= 4 is 16.6 Å². The fourth-order valence-electron chi connectivity index (χ4n) is 3.57. The molecule has 3 aromatic rings. The van der Waals surface area contributed by atoms with E-state index in [1.165, 1.54) is 21.9 Å². The number of benzene rings is 3. The van der Waals surface area contributed by atoms with Crippen LogP contribution in [0.25, 0.3) is 10.8 Å². The van der Waals surface area contributed by atoms with Crippen molar-refractivity contribution in [2.75, 3.05) is 0 Å². The first-order valence-corrected chi connectivity index (χ1v) is 8.29. The van der Waals surface area contributed by atoms with Crippen LogP contribution in [0.5, 0.6) is 0 Å². The number of hydrogen-bond donors (Lipinski definition) is 0. The molecule has 0 aliphatic heterocycles. The van der Waals surface area contributed by atoms with E-state index in [4.69, 9.17) is 0 Å². The Morgan fingerprint density at radius 2 is 1.70 bits per heavy atom. The zero-order valence-electron chi connectivity index (χ0n) is 13.5. The normalized spacial score (nSPS) is 17.0. The van der Waals surface area contributed by atoms with Gasteiger partial charge in [0.2, 0.25) is 0 Å². The summed E-state index contributed by atoms with van der Waals surface area (Å²) in [4.78, 5) is 12.7. The summed E-state index contributed by atoms with van der Waals surface area (Å²) in [6.45, 7) is 4.42. The third-order valence-corrected chi connectivity index (χ3v) is 4.98. The molecule has 1 heteroatoms. The van der Waals surface area contributed by atoms with Crippen LogP contribution < -0.4 is 0 Å². The second-order valence-electron chi connectivity index (χ2n) is 6.80. The van der Waals surface area contributed by atoms with E-state index in [2.05, 4.69) is 56.3 Å². The molecule has 1 aliphatic carbocycles. The fourth-order valence-corrected chi connectivity index (χ4v) is 3.57. The van der Waals surface area contributed by atoms with Gasteiger partial charge in [0.15, 0.2) is 5.78 Å². The molecule has 0 fully saturated rings. The van der Waals surface area contributed by atoms with Gasteiger partial charge in [-0.2, -0.15) is 0 Å². The van der Waals surface area contributed by atoms with Crippen molar-refractivity contribution in [2.24, 2.45) is 0 Å². The number of carbonyl (C=O) groups is 1. The van der Waals surface area contributed by atoms with Gasteiger partial charge >= 0.3 is 0 Å². The SMILES string of the molecule is CC(C)c1ccc2ccc(C3Cc4ccccc4C3=O)cc2c1. The van der Waals surface area contributed by atoms with Crippen LogP contribution in [0, 0.1) is 0 Å². The quantitative estimate of drug-likeness (QED) is 0.612. The molecule has 0 heterocycles. The summed E-state index contributed by atoms with van der Waals surface area (Å²) in [5.74, 6) is 0.750. The van der Waals surface area contributed by atoms with Crippen molar-refractivity contribution in [1.82, 2.24) is 0 Å². The van der Waals surface area contributed by atoms with E-state index in [0.29, 0.717) is 5.92 Å². The highest BCUT2D eigenvalue weighted by molar-refractivity contribution is 6.05. The Kier molecular flexibility index (Phi) is 3.30. The van der Waals surface area contributed by atoms with E-state index < -0.39 is 0 Å². The molecule has 0 radical (unpaired) electrons. The van der Waals surface area contributed by atoms with Crippen LogP contribution in [0.4, 0.5) is 0 Å². The number of fused-ring (bicyclic) bond motifs is 2. The highest BCUT2D eigenvalue weighted by Gasteiger charge is 2.31. The van der Waals surface area contributed by atoms with E-state index in [1.54, 1.807) is 0 Å². The molecule has 1 atom stereocenters. The first-order chi connectivity index (χ1) is 11.1. The van der Waals surface area contributed by atoms with Gasteiger partial charge in [0.05, 0.1) is 5.92 Å². The summed E-state index contributed by atoms with van der Waals surface area (Å²) in [5, 5.41) is 2.47. The molecule has 23 heavy (non-hydrogen) atoms. The molecule has 0 bridgehead atoms. The van der Waals surface area contributed by atoms with Gasteiger partial charge in [0, 0.05) is 5.56 Å². The molecule has 0 saturated heterocycles. The largest absolute Gasteiger partial charge is 0.293 e. The van der Waals surface area contributed by atoms with Gasteiger partial charge < -0.3 is 0 Å². The first kappa shape index (κ1) is 14.2. The summed E-state index contributed by atoms with van der Waals surface area (Å²) in [7, 11) is 0. The summed E-state index contributed by atoms with van der Waals surface area (Å²) in [5.41, 5.74) is 4.56. The Labute approximate surface area is 137 Å². The van der Waals surface area contributed by atoms with Crippen LogP contribution in [0.1, 0.15) is 52.7 Å². The topological polar surface area (TPSA) is 17.1 Å². The van der Waals surface area contributed by atoms with Crippen molar-refractivity contribution in [1.29, 1.82) is 0 Å². The first-order valence-electron chi connectivity index (χ1n) is 8.29. The zero-order valence-corrected chi connectivity index (χ0v) is 13.5. The minimum Gasteiger partial charge on any atom is -0.293 e. The molecule has 0 amide bonds. The molecule has 1 unspecified atom stereocenters. The lowest BCUT2D eigenvalue weighted by Gasteiger charge is -2.12. The predicted molar refractivity (Wildman–Crippen MR) is 95.3 cm³/mol. The minimum absolute atomic E-state index is 0.0282. The predicted octanol–water partition coefficient (Wildman–Crippen LogP) is 5.49. The maximum absolute atomic E-state index is 12.7. The molecule has 4 rings (SSSR count). The van der Waals surface area contributed by atoms with Gasteiger partial charge in [-0.05, 0) is 39.8 Å². The lowest BCUT2D eigenvalue weighted by Crippen LogP contribution is -2.06. The summed E-state index contributed by atoms with van der Waals surface area (Å²) in [6, 6.07) is 21.1. The molecule has 3 aromatic carbocycles. The van der Waals surface area contributed by atoms with Crippen LogP contribution in [0.2, 0.25) is 0 Å². The van der Waals surface area contributed by atoms with Gasteiger partial charge in [0.1, 0.15) is 0 Å². The standard InChI is InChI=1S/C22H20O/c1-14(2)16-9-7-15-8-10-18(12-19(15)11-16)21-13-17-5-3-4-6-20(17)22(21)23/h3-12,14,21H,13H2,1-2H3. The maximum Gasteiger partial charge on any atom is 0.170 e. The van der Waals surface area contributed by atoms with E-state index in [1.807, 2.05) is 18.2 Å². The van der Waals surface area contributed by atoms with E-state index in [9.17, 15) is 4.79 Å². The van der Waals surface area contributed by atoms with Crippen molar-refractivity contribution in [3.8, 4) is 0 Å². The molecule has 0 aromatic heterocycles. The average Bonchev–Trinajstić information content (AvgIpc) is 2.91. The Hall–Kier alpha value is -2.41. The van der Waals surface area contributed by atoms with E-state index in [-0.39, 0.29) is 11.7 Å².